The highest BCUT2D eigenvalue weighted by molar-refractivity contribution is 5.13. The molecule has 0 aliphatic rings. The minimum Gasteiger partial charge on any atom is -0.632 e. The van der Waals surface area contributed by atoms with E-state index in [4.69, 9.17) is 0 Å². The molecule has 0 aliphatic carbocycles. The van der Waals surface area contributed by atoms with Crippen LogP contribution in [0.2, 0.25) is 0 Å². The molecule has 0 radical (unpaired) electrons. The lowest BCUT2D eigenvalue weighted by atomic mass is 10.0. The maximum atomic E-state index is 12.8. The van der Waals surface area contributed by atoms with Gasteiger partial charge in [0.1, 0.15) is 6.54 Å². The van der Waals surface area contributed by atoms with E-state index < -0.39 is 0 Å². The van der Waals surface area contributed by atoms with Crippen molar-refractivity contribution < 1.29 is 4.65 Å². The third-order valence-electron chi connectivity index (χ3n) is 3.09. The van der Waals surface area contributed by atoms with E-state index in [1.165, 1.54) is 0 Å². The van der Waals surface area contributed by atoms with E-state index in [9.17, 15) is 5.21 Å². The second-order valence-electron chi connectivity index (χ2n) is 5.43. The van der Waals surface area contributed by atoms with E-state index in [2.05, 4.69) is 6.92 Å². The van der Waals surface area contributed by atoms with Crippen LogP contribution in [0.1, 0.15) is 39.7 Å². The molecule has 1 unspecified atom stereocenters. The van der Waals surface area contributed by atoms with Gasteiger partial charge in [-0.05, 0) is 27.2 Å². The highest BCUT2D eigenvalue weighted by Gasteiger charge is 2.31. The van der Waals surface area contributed by atoms with Crippen molar-refractivity contribution in [3.8, 4) is 0 Å². The van der Waals surface area contributed by atoms with Crippen LogP contribution < -0.4 is 0 Å². The Morgan fingerprint density at radius 3 is 2.12 bits per heavy atom. The molecule has 0 bridgehead atoms. The van der Waals surface area contributed by atoms with Crippen molar-refractivity contribution in [2.45, 2.75) is 46.2 Å². The Labute approximate surface area is 99.1 Å². The van der Waals surface area contributed by atoms with Gasteiger partial charge in [0.25, 0.3) is 0 Å². The lowest BCUT2D eigenvalue weighted by Gasteiger charge is -2.53. The number of quaternary nitrogens is 1. The zero-order valence-electron chi connectivity index (χ0n) is 10.9. The van der Waals surface area contributed by atoms with Crippen LogP contribution in [0.4, 0.5) is 0 Å². The van der Waals surface area contributed by atoms with Crippen LogP contribution in [-0.2, 0) is 6.54 Å². The first-order chi connectivity index (χ1) is 7.39. The largest absolute Gasteiger partial charge is 0.632 e. The van der Waals surface area contributed by atoms with Gasteiger partial charge in [0, 0.05) is 5.56 Å². The molecule has 1 aromatic carbocycles. The first-order valence-corrected chi connectivity index (χ1v) is 6.01. The molecule has 1 rings (SSSR count). The third kappa shape index (κ3) is 3.06. The fraction of sp³-hybridized carbons (Fsp3) is 0.571. The zero-order valence-corrected chi connectivity index (χ0v) is 10.9. The summed E-state index contributed by atoms with van der Waals surface area (Å²) in [6.07, 6.45) is 0.924. The van der Waals surface area contributed by atoms with Crippen molar-refractivity contribution in [1.29, 1.82) is 0 Å². The molecule has 0 saturated carbocycles. The number of hydrogen-bond donors (Lipinski definition) is 0. The van der Waals surface area contributed by atoms with Crippen LogP contribution in [0, 0.1) is 5.21 Å². The monoisotopic (exact) mass is 221 g/mol. The quantitative estimate of drug-likeness (QED) is 0.561. The van der Waals surface area contributed by atoms with Crippen LogP contribution in [-0.4, -0.2) is 16.7 Å². The number of hydroxylamine groups is 3. The second kappa shape index (κ2) is 4.98. The van der Waals surface area contributed by atoms with Gasteiger partial charge in [-0.3, -0.25) is 0 Å². The molecular formula is C14H23NO. The summed E-state index contributed by atoms with van der Waals surface area (Å²) in [6.45, 7) is 9.40. The van der Waals surface area contributed by atoms with Crippen molar-refractivity contribution in [2.75, 3.05) is 6.54 Å². The number of benzene rings is 1. The van der Waals surface area contributed by atoms with Crippen LogP contribution in [0.3, 0.4) is 0 Å². The van der Waals surface area contributed by atoms with Gasteiger partial charge in [-0.1, -0.05) is 37.3 Å². The van der Waals surface area contributed by atoms with Gasteiger partial charge < -0.3 is 9.85 Å². The Hall–Kier alpha value is -0.860. The number of rotatable bonds is 4. The first-order valence-electron chi connectivity index (χ1n) is 6.01. The van der Waals surface area contributed by atoms with Crippen LogP contribution in [0.15, 0.2) is 30.3 Å². The highest BCUT2D eigenvalue weighted by atomic mass is 16.5. The van der Waals surface area contributed by atoms with Crippen molar-refractivity contribution in [2.24, 2.45) is 0 Å². The minimum atomic E-state index is -0.258. The van der Waals surface area contributed by atoms with E-state index >= 15 is 0 Å². The van der Waals surface area contributed by atoms with Gasteiger partial charge in [-0.15, -0.1) is 0 Å². The van der Waals surface area contributed by atoms with Gasteiger partial charge in [0.15, 0.2) is 0 Å². The standard InChI is InChI=1S/C14H23NO/c1-5-11-15(16,14(2,3)4)12-13-9-7-6-8-10-13/h6-10H,5,11-12H2,1-4H3. The summed E-state index contributed by atoms with van der Waals surface area (Å²) in [5.41, 5.74) is 0.868. The molecule has 0 saturated heterocycles. The molecule has 16 heavy (non-hydrogen) atoms. The Morgan fingerprint density at radius 2 is 1.69 bits per heavy atom. The SMILES string of the molecule is CCC[N+]([O-])(Cc1ccccc1)C(C)(C)C. The highest BCUT2D eigenvalue weighted by Crippen LogP contribution is 2.27. The molecule has 1 atom stereocenters. The lowest BCUT2D eigenvalue weighted by molar-refractivity contribution is -0.938. The van der Waals surface area contributed by atoms with Crippen molar-refractivity contribution >= 4 is 0 Å². The van der Waals surface area contributed by atoms with E-state index in [1.807, 2.05) is 51.1 Å². The summed E-state index contributed by atoms with van der Waals surface area (Å²) in [5, 5.41) is 12.8. The van der Waals surface area contributed by atoms with E-state index in [0.29, 0.717) is 13.1 Å². The summed E-state index contributed by atoms with van der Waals surface area (Å²) in [6, 6.07) is 10.0. The van der Waals surface area contributed by atoms with E-state index in [-0.39, 0.29) is 10.2 Å². The first kappa shape index (κ1) is 13.2. The van der Waals surface area contributed by atoms with Gasteiger partial charge in [0.2, 0.25) is 0 Å². The molecule has 90 valence electrons. The van der Waals surface area contributed by atoms with E-state index in [1.54, 1.807) is 0 Å². The molecule has 2 nitrogen and oxygen atoms in total. The normalized spacial score (nSPS) is 15.8. The Bertz CT molecular complexity index is 315. The van der Waals surface area contributed by atoms with Gasteiger partial charge in [0.05, 0.1) is 12.1 Å². The third-order valence-corrected chi connectivity index (χ3v) is 3.09. The second-order valence-corrected chi connectivity index (χ2v) is 5.43. The van der Waals surface area contributed by atoms with Crippen molar-refractivity contribution in [3.05, 3.63) is 41.1 Å². The molecule has 2 heteroatoms. The fourth-order valence-electron chi connectivity index (χ4n) is 1.89. The minimum absolute atomic E-state index is 0.145. The summed E-state index contributed by atoms with van der Waals surface area (Å²) >= 11 is 0. The lowest BCUT2D eigenvalue weighted by Crippen LogP contribution is -2.55. The molecule has 0 spiro atoms. The van der Waals surface area contributed by atoms with Crippen LogP contribution in [0.25, 0.3) is 0 Å². The van der Waals surface area contributed by atoms with Gasteiger partial charge in [-0.2, -0.15) is 0 Å². The van der Waals surface area contributed by atoms with Crippen LogP contribution in [0.5, 0.6) is 0 Å². The maximum Gasteiger partial charge on any atom is 0.104 e. The van der Waals surface area contributed by atoms with Gasteiger partial charge in [-0.25, -0.2) is 0 Å². The average molecular weight is 221 g/mol. The maximum absolute atomic E-state index is 12.8. The molecule has 1 aromatic rings. The summed E-state index contributed by atoms with van der Waals surface area (Å²) in [4.78, 5) is 0. The Balaban J connectivity index is 2.88. The molecule has 0 N–H and O–H groups in total. The van der Waals surface area contributed by atoms with Crippen molar-refractivity contribution in [1.82, 2.24) is 0 Å². The predicted molar refractivity (Wildman–Crippen MR) is 68.7 cm³/mol. The average Bonchev–Trinajstić information content (AvgIpc) is 2.17. The molecule has 0 heterocycles. The van der Waals surface area contributed by atoms with Crippen LogP contribution >= 0.6 is 0 Å². The Morgan fingerprint density at radius 1 is 1.12 bits per heavy atom. The fourth-order valence-corrected chi connectivity index (χ4v) is 1.89. The van der Waals surface area contributed by atoms with Gasteiger partial charge >= 0.3 is 0 Å². The topological polar surface area (TPSA) is 23.1 Å². The van der Waals surface area contributed by atoms with E-state index in [0.717, 1.165) is 12.0 Å². The Kier molecular flexibility index (Phi) is 4.11. The summed E-state index contributed by atoms with van der Waals surface area (Å²) < 4.78 is -0.145. The zero-order chi connectivity index (χ0) is 12.2. The number of nitrogens with zero attached hydrogens (tertiary/aromatic N) is 1. The summed E-state index contributed by atoms with van der Waals surface area (Å²) in [7, 11) is 0. The molecule has 0 fully saturated rings. The molecular weight excluding hydrogens is 198 g/mol. The molecule has 0 aromatic heterocycles. The predicted octanol–water partition coefficient (Wildman–Crippen LogP) is 3.71. The molecule has 0 amide bonds. The smallest absolute Gasteiger partial charge is 0.104 e. The summed E-state index contributed by atoms with van der Waals surface area (Å²) in [5.74, 6) is 0. The number of hydrogen-bond acceptors (Lipinski definition) is 1. The molecule has 0 aliphatic heterocycles. The van der Waals surface area contributed by atoms with Crippen molar-refractivity contribution in [3.63, 3.8) is 0 Å².